The molecule has 0 fully saturated rings. The second-order valence-electron chi connectivity index (χ2n) is 4.22. The van der Waals surface area contributed by atoms with Crippen LogP contribution in [0.25, 0.3) is 0 Å². The lowest BCUT2D eigenvalue weighted by Gasteiger charge is -2.13. The SMILES string of the molecule is CCC(C(=O)Cc1ccc(Br)s1)c1ccccc1. The number of hydrogen-bond donors (Lipinski definition) is 0. The van der Waals surface area contributed by atoms with Gasteiger partial charge in [-0.3, -0.25) is 4.79 Å². The number of carbonyl (C=O) groups excluding carboxylic acids is 1. The fourth-order valence-corrected chi connectivity index (χ4v) is 3.57. The van der Waals surface area contributed by atoms with Gasteiger partial charge in [0.1, 0.15) is 5.78 Å². The van der Waals surface area contributed by atoms with Crippen LogP contribution in [0, 0.1) is 0 Å². The molecule has 1 atom stereocenters. The molecule has 0 aliphatic carbocycles. The first-order valence-corrected chi connectivity index (χ1v) is 7.63. The third kappa shape index (κ3) is 3.30. The molecule has 1 heterocycles. The van der Waals surface area contributed by atoms with Crippen LogP contribution in [0.2, 0.25) is 0 Å². The molecule has 94 valence electrons. The number of carbonyl (C=O) groups is 1. The summed E-state index contributed by atoms with van der Waals surface area (Å²) in [6.45, 7) is 2.07. The lowest BCUT2D eigenvalue weighted by atomic mass is 9.90. The number of rotatable bonds is 5. The minimum Gasteiger partial charge on any atom is -0.299 e. The van der Waals surface area contributed by atoms with E-state index < -0.39 is 0 Å². The van der Waals surface area contributed by atoms with Gasteiger partial charge in [0.2, 0.25) is 0 Å². The van der Waals surface area contributed by atoms with Gasteiger partial charge in [0.05, 0.1) is 3.79 Å². The number of Topliss-reactive ketones (excluding diaryl/α,β-unsaturated/α-hetero) is 1. The molecule has 18 heavy (non-hydrogen) atoms. The fourth-order valence-electron chi connectivity index (χ4n) is 2.08. The summed E-state index contributed by atoms with van der Waals surface area (Å²) in [5.41, 5.74) is 1.13. The lowest BCUT2D eigenvalue weighted by Crippen LogP contribution is -2.13. The second kappa shape index (κ2) is 6.30. The van der Waals surface area contributed by atoms with Crippen LogP contribution in [0.15, 0.2) is 46.3 Å². The van der Waals surface area contributed by atoms with Gasteiger partial charge in [0, 0.05) is 17.2 Å². The second-order valence-corrected chi connectivity index (χ2v) is 6.77. The summed E-state index contributed by atoms with van der Waals surface area (Å²) in [5, 5.41) is 0. The maximum Gasteiger partial charge on any atom is 0.145 e. The van der Waals surface area contributed by atoms with E-state index in [0.717, 1.165) is 20.6 Å². The quantitative estimate of drug-likeness (QED) is 0.771. The van der Waals surface area contributed by atoms with E-state index in [2.05, 4.69) is 22.9 Å². The Morgan fingerprint density at radius 3 is 2.50 bits per heavy atom. The first kappa shape index (κ1) is 13.5. The highest BCUT2D eigenvalue weighted by molar-refractivity contribution is 9.11. The smallest absolute Gasteiger partial charge is 0.145 e. The molecular formula is C15H15BrOS. The van der Waals surface area contributed by atoms with Gasteiger partial charge in [-0.1, -0.05) is 37.3 Å². The molecule has 2 aromatic rings. The zero-order valence-electron chi connectivity index (χ0n) is 10.2. The van der Waals surface area contributed by atoms with Crippen molar-refractivity contribution in [2.75, 3.05) is 0 Å². The lowest BCUT2D eigenvalue weighted by molar-refractivity contribution is -0.119. The summed E-state index contributed by atoms with van der Waals surface area (Å²) in [7, 11) is 0. The maximum absolute atomic E-state index is 12.3. The van der Waals surface area contributed by atoms with Crippen LogP contribution >= 0.6 is 27.3 Å². The maximum atomic E-state index is 12.3. The number of thiophene rings is 1. The van der Waals surface area contributed by atoms with Crippen molar-refractivity contribution in [3.05, 3.63) is 56.7 Å². The Hall–Kier alpha value is -0.930. The average molecular weight is 323 g/mol. The molecule has 0 radical (unpaired) electrons. The van der Waals surface area contributed by atoms with Crippen LogP contribution < -0.4 is 0 Å². The van der Waals surface area contributed by atoms with Crippen molar-refractivity contribution in [3.8, 4) is 0 Å². The Morgan fingerprint density at radius 1 is 1.22 bits per heavy atom. The summed E-state index contributed by atoms with van der Waals surface area (Å²) in [6, 6.07) is 14.1. The van der Waals surface area contributed by atoms with E-state index in [-0.39, 0.29) is 5.92 Å². The van der Waals surface area contributed by atoms with Crippen molar-refractivity contribution in [2.24, 2.45) is 0 Å². The van der Waals surface area contributed by atoms with Crippen LogP contribution in [0.5, 0.6) is 0 Å². The average Bonchev–Trinajstić information content (AvgIpc) is 2.77. The summed E-state index contributed by atoms with van der Waals surface area (Å²) in [6.07, 6.45) is 1.39. The van der Waals surface area contributed by atoms with Crippen molar-refractivity contribution >= 4 is 33.0 Å². The Balaban J connectivity index is 2.11. The van der Waals surface area contributed by atoms with Gasteiger partial charge >= 0.3 is 0 Å². The van der Waals surface area contributed by atoms with E-state index in [0.29, 0.717) is 12.2 Å². The van der Waals surface area contributed by atoms with Crippen molar-refractivity contribution < 1.29 is 4.79 Å². The molecule has 0 saturated heterocycles. The van der Waals surface area contributed by atoms with Gasteiger partial charge < -0.3 is 0 Å². The standard InChI is InChI=1S/C15H15BrOS/c1-2-13(11-6-4-3-5-7-11)14(17)10-12-8-9-15(16)18-12/h3-9,13H,2,10H2,1H3. The normalized spacial score (nSPS) is 12.3. The van der Waals surface area contributed by atoms with E-state index in [4.69, 9.17) is 0 Å². The summed E-state index contributed by atoms with van der Waals surface area (Å²) < 4.78 is 1.08. The third-order valence-corrected chi connectivity index (χ3v) is 4.60. The predicted molar refractivity (Wildman–Crippen MR) is 80.2 cm³/mol. The molecule has 1 nitrogen and oxygen atoms in total. The zero-order chi connectivity index (χ0) is 13.0. The van der Waals surface area contributed by atoms with Gasteiger partial charge in [0.15, 0.2) is 0 Å². The third-order valence-electron chi connectivity index (χ3n) is 2.98. The van der Waals surface area contributed by atoms with Gasteiger partial charge in [-0.2, -0.15) is 0 Å². The van der Waals surface area contributed by atoms with Crippen LogP contribution in [0.4, 0.5) is 0 Å². The highest BCUT2D eigenvalue weighted by Gasteiger charge is 2.19. The molecule has 3 heteroatoms. The van der Waals surface area contributed by atoms with Gasteiger partial charge in [-0.05, 0) is 40.0 Å². The highest BCUT2D eigenvalue weighted by Crippen LogP contribution is 2.26. The molecule has 1 aromatic carbocycles. The van der Waals surface area contributed by atoms with E-state index in [1.165, 1.54) is 0 Å². The minimum absolute atomic E-state index is 0.0204. The molecular weight excluding hydrogens is 308 g/mol. The molecule has 0 N–H and O–H groups in total. The summed E-state index contributed by atoms with van der Waals surface area (Å²) >= 11 is 5.06. The summed E-state index contributed by atoms with van der Waals surface area (Å²) in [4.78, 5) is 13.5. The van der Waals surface area contributed by atoms with Crippen LogP contribution in [0.1, 0.15) is 29.7 Å². The van der Waals surface area contributed by atoms with Crippen LogP contribution in [-0.2, 0) is 11.2 Å². The first-order chi connectivity index (χ1) is 8.70. The van der Waals surface area contributed by atoms with Crippen LogP contribution in [-0.4, -0.2) is 5.78 Å². The van der Waals surface area contributed by atoms with E-state index >= 15 is 0 Å². The zero-order valence-corrected chi connectivity index (χ0v) is 12.6. The van der Waals surface area contributed by atoms with Gasteiger partial charge in [-0.15, -0.1) is 11.3 Å². The van der Waals surface area contributed by atoms with Crippen molar-refractivity contribution in [1.82, 2.24) is 0 Å². The molecule has 0 spiro atoms. The topological polar surface area (TPSA) is 17.1 Å². The molecule has 0 aliphatic heterocycles. The Labute approximate surface area is 120 Å². The van der Waals surface area contributed by atoms with Crippen molar-refractivity contribution in [2.45, 2.75) is 25.7 Å². The molecule has 0 aliphatic rings. The Morgan fingerprint density at radius 2 is 1.94 bits per heavy atom. The molecule has 0 saturated carbocycles. The molecule has 1 aromatic heterocycles. The first-order valence-electron chi connectivity index (χ1n) is 6.02. The van der Waals surface area contributed by atoms with Crippen molar-refractivity contribution in [3.63, 3.8) is 0 Å². The Bertz CT molecular complexity index is 518. The fraction of sp³-hybridized carbons (Fsp3) is 0.267. The van der Waals surface area contributed by atoms with E-state index in [1.807, 2.05) is 42.5 Å². The van der Waals surface area contributed by atoms with Crippen molar-refractivity contribution in [1.29, 1.82) is 0 Å². The highest BCUT2D eigenvalue weighted by atomic mass is 79.9. The molecule has 0 amide bonds. The number of benzene rings is 1. The number of ketones is 1. The monoisotopic (exact) mass is 322 g/mol. The molecule has 0 bridgehead atoms. The van der Waals surface area contributed by atoms with Gasteiger partial charge in [-0.25, -0.2) is 0 Å². The summed E-state index contributed by atoms with van der Waals surface area (Å²) in [5.74, 6) is 0.324. The number of hydrogen-bond acceptors (Lipinski definition) is 2. The molecule has 2 rings (SSSR count). The number of halogens is 1. The predicted octanol–water partition coefficient (Wildman–Crippen LogP) is 4.82. The largest absolute Gasteiger partial charge is 0.299 e. The minimum atomic E-state index is 0.0204. The Kier molecular flexibility index (Phi) is 4.72. The van der Waals surface area contributed by atoms with E-state index in [1.54, 1.807) is 11.3 Å². The van der Waals surface area contributed by atoms with Gasteiger partial charge in [0.25, 0.3) is 0 Å². The van der Waals surface area contributed by atoms with E-state index in [9.17, 15) is 4.79 Å². The van der Waals surface area contributed by atoms with Crippen LogP contribution in [0.3, 0.4) is 0 Å². The molecule has 1 unspecified atom stereocenters.